The van der Waals surface area contributed by atoms with Gasteiger partial charge < -0.3 is 21.9 Å². The lowest BCUT2D eigenvalue weighted by Crippen LogP contribution is -2.26. The molecule has 0 radical (unpaired) electrons. The summed E-state index contributed by atoms with van der Waals surface area (Å²) in [5.41, 5.74) is 17.6. The Morgan fingerprint density at radius 1 is 0.955 bits per heavy atom. The van der Waals surface area contributed by atoms with Crippen LogP contribution in [-0.2, 0) is 6.61 Å². The third kappa shape index (κ3) is 4.99. The van der Waals surface area contributed by atoms with E-state index in [2.05, 4.69) is 9.98 Å². The normalized spacial score (nSPS) is 11.0. The van der Waals surface area contributed by atoms with Crippen LogP contribution in [0.4, 0.5) is 5.69 Å². The quantitative estimate of drug-likeness (QED) is 0.592. The molecule has 7 heteroatoms. The van der Waals surface area contributed by atoms with Crippen LogP contribution in [0, 0.1) is 0 Å². The fourth-order valence-electron chi connectivity index (χ4n) is 1.65. The van der Waals surface area contributed by atoms with E-state index >= 15 is 0 Å². The second-order valence-corrected chi connectivity index (χ2v) is 4.85. The Morgan fingerprint density at radius 2 is 1.59 bits per heavy atom. The van der Waals surface area contributed by atoms with E-state index < -0.39 is 0 Å². The van der Waals surface area contributed by atoms with Gasteiger partial charge >= 0.3 is 0 Å². The molecular weight excluding hydrogens is 302 g/mol. The van der Waals surface area contributed by atoms with Crippen LogP contribution in [-0.4, -0.2) is 11.9 Å². The van der Waals surface area contributed by atoms with Crippen molar-refractivity contribution in [2.24, 2.45) is 27.2 Å². The molecule has 0 aliphatic heterocycles. The first-order valence-electron chi connectivity index (χ1n) is 6.44. The molecule has 114 valence electrons. The molecule has 2 aromatic rings. The average molecular weight is 318 g/mol. The van der Waals surface area contributed by atoms with Crippen molar-refractivity contribution in [2.45, 2.75) is 6.61 Å². The summed E-state index contributed by atoms with van der Waals surface area (Å²) in [5, 5.41) is 0.698. The molecule has 0 atom stereocenters. The maximum atomic E-state index is 5.83. The molecule has 0 aromatic heterocycles. The van der Waals surface area contributed by atoms with E-state index in [4.69, 9.17) is 33.5 Å². The lowest BCUT2D eigenvalue weighted by atomic mass is 10.2. The van der Waals surface area contributed by atoms with E-state index in [-0.39, 0.29) is 11.9 Å². The Morgan fingerprint density at radius 3 is 2.18 bits per heavy atom. The van der Waals surface area contributed by atoms with Crippen molar-refractivity contribution in [2.75, 3.05) is 0 Å². The van der Waals surface area contributed by atoms with Crippen LogP contribution in [0.25, 0.3) is 0 Å². The van der Waals surface area contributed by atoms with E-state index in [1.165, 1.54) is 0 Å². The highest BCUT2D eigenvalue weighted by molar-refractivity contribution is 6.30. The van der Waals surface area contributed by atoms with Gasteiger partial charge in [0.25, 0.3) is 0 Å². The first-order chi connectivity index (χ1) is 10.5. The second kappa shape index (κ2) is 7.33. The van der Waals surface area contributed by atoms with Gasteiger partial charge in [-0.15, -0.1) is 0 Å². The number of hydrogen-bond donors (Lipinski definition) is 3. The van der Waals surface area contributed by atoms with E-state index in [1.54, 1.807) is 24.3 Å². The number of rotatable bonds is 4. The van der Waals surface area contributed by atoms with Crippen LogP contribution in [0.1, 0.15) is 5.56 Å². The molecule has 0 fully saturated rings. The van der Waals surface area contributed by atoms with Gasteiger partial charge in [-0.2, -0.15) is 4.99 Å². The van der Waals surface area contributed by atoms with Gasteiger partial charge in [0, 0.05) is 5.02 Å². The zero-order valence-corrected chi connectivity index (χ0v) is 12.5. The Balaban J connectivity index is 1.97. The van der Waals surface area contributed by atoms with Gasteiger partial charge in [-0.3, -0.25) is 0 Å². The Labute approximate surface area is 133 Å². The maximum Gasteiger partial charge on any atom is 0.223 e. The van der Waals surface area contributed by atoms with Gasteiger partial charge in [0.1, 0.15) is 12.4 Å². The Hall–Kier alpha value is -2.73. The summed E-state index contributed by atoms with van der Waals surface area (Å²) in [6.07, 6.45) is 0. The summed E-state index contributed by atoms with van der Waals surface area (Å²) in [5.74, 6) is 0.577. The van der Waals surface area contributed by atoms with Crippen molar-refractivity contribution in [3.05, 3.63) is 59.1 Å². The van der Waals surface area contributed by atoms with Crippen LogP contribution in [0.5, 0.6) is 5.75 Å². The van der Waals surface area contributed by atoms with E-state index in [1.807, 2.05) is 24.3 Å². The number of hydrogen-bond acceptors (Lipinski definition) is 2. The molecule has 0 heterocycles. The summed E-state index contributed by atoms with van der Waals surface area (Å²) in [6.45, 7) is 0.454. The van der Waals surface area contributed by atoms with Gasteiger partial charge in [-0.1, -0.05) is 23.7 Å². The third-order valence-corrected chi connectivity index (χ3v) is 2.89. The molecule has 2 rings (SSSR count). The van der Waals surface area contributed by atoms with E-state index in [9.17, 15) is 0 Å². The standard InChI is InChI=1S/C15H16ClN5O/c16-11-3-1-10(2-4-11)9-22-13-7-5-12(6-8-13)20-15(19)21-14(17)18/h1-8H,9H2,(H6,17,18,19,20,21). The molecule has 22 heavy (non-hydrogen) atoms. The molecule has 0 amide bonds. The molecular formula is C15H16ClN5O. The number of benzene rings is 2. The molecule has 2 aromatic carbocycles. The monoisotopic (exact) mass is 317 g/mol. The molecule has 0 aliphatic carbocycles. The van der Waals surface area contributed by atoms with Gasteiger partial charge in [0.2, 0.25) is 5.96 Å². The van der Waals surface area contributed by atoms with Gasteiger partial charge in [0.05, 0.1) is 5.69 Å². The van der Waals surface area contributed by atoms with Crippen LogP contribution >= 0.6 is 11.6 Å². The minimum atomic E-state index is -0.135. The van der Waals surface area contributed by atoms with Crippen LogP contribution < -0.4 is 21.9 Å². The van der Waals surface area contributed by atoms with E-state index in [0.717, 1.165) is 5.56 Å². The van der Waals surface area contributed by atoms with Gasteiger partial charge in [-0.25, -0.2) is 4.99 Å². The van der Waals surface area contributed by atoms with Crippen LogP contribution in [0.2, 0.25) is 5.02 Å². The Kier molecular flexibility index (Phi) is 5.21. The van der Waals surface area contributed by atoms with Crippen molar-refractivity contribution >= 4 is 29.2 Å². The second-order valence-electron chi connectivity index (χ2n) is 4.42. The first kappa shape index (κ1) is 15.7. The summed E-state index contributed by atoms with van der Waals surface area (Å²) in [7, 11) is 0. The number of nitrogens with zero attached hydrogens (tertiary/aromatic N) is 2. The lowest BCUT2D eigenvalue weighted by molar-refractivity contribution is 0.306. The number of guanidine groups is 2. The van der Waals surface area contributed by atoms with Crippen molar-refractivity contribution in [3.8, 4) is 5.75 Å². The smallest absolute Gasteiger partial charge is 0.223 e. The molecule has 6 N–H and O–H groups in total. The highest BCUT2D eigenvalue weighted by Gasteiger charge is 1.98. The van der Waals surface area contributed by atoms with Gasteiger partial charge in [0.15, 0.2) is 5.96 Å². The van der Waals surface area contributed by atoms with Crippen LogP contribution in [0.15, 0.2) is 58.5 Å². The van der Waals surface area contributed by atoms with Crippen molar-refractivity contribution in [1.29, 1.82) is 0 Å². The van der Waals surface area contributed by atoms with Gasteiger partial charge in [-0.05, 0) is 42.0 Å². The minimum absolute atomic E-state index is 0.00478. The molecule has 0 saturated heterocycles. The summed E-state index contributed by atoms with van der Waals surface area (Å²) >= 11 is 5.83. The molecule has 6 nitrogen and oxygen atoms in total. The zero-order valence-electron chi connectivity index (χ0n) is 11.7. The zero-order chi connectivity index (χ0) is 15.9. The Bertz CT molecular complexity index is 676. The topological polar surface area (TPSA) is 112 Å². The molecule has 0 aliphatic rings. The van der Waals surface area contributed by atoms with Crippen molar-refractivity contribution < 1.29 is 4.74 Å². The van der Waals surface area contributed by atoms with Crippen molar-refractivity contribution in [3.63, 3.8) is 0 Å². The number of ether oxygens (including phenoxy) is 1. The fraction of sp³-hybridized carbons (Fsp3) is 0.0667. The third-order valence-electron chi connectivity index (χ3n) is 2.64. The number of nitrogens with two attached hydrogens (primary N) is 3. The predicted molar refractivity (Wildman–Crippen MR) is 89.3 cm³/mol. The highest BCUT2D eigenvalue weighted by Crippen LogP contribution is 2.19. The maximum absolute atomic E-state index is 5.83. The predicted octanol–water partition coefficient (Wildman–Crippen LogP) is 2.14. The number of aliphatic imine (C=N–C) groups is 2. The largest absolute Gasteiger partial charge is 0.489 e. The van der Waals surface area contributed by atoms with Crippen molar-refractivity contribution in [1.82, 2.24) is 0 Å². The minimum Gasteiger partial charge on any atom is -0.489 e. The first-order valence-corrected chi connectivity index (χ1v) is 6.82. The fourth-order valence-corrected chi connectivity index (χ4v) is 1.78. The SMILES string of the molecule is NC(N)=NC(N)=Nc1ccc(OCc2ccc(Cl)cc2)cc1. The van der Waals surface area contributed by atoms with E-state index in [0.29, 0.717) is 23.1 Å². The summed E-state index contributed by atoms with van der Waals surface area (Å²) < 4.78 is 5.67. The number of halogens is 1. The summed E-state index contributed by atoms with van der Waals surface area (Å²) in [4.78, 5) is 7.68. The molecule has 0 unspecified atom stereocenters. The highest BCUT2D eigenvalue weighted by atomic mass is 35.5. The molecule has 0 saturated carbocycles. The molecule has 0 bridgehead atoms. The average Bonchev–Trinajstić information content (AvgIpc) is 2.47. The lowest BCUT2D eigenvalue weighted by Gasteiger charge is -2.06. The molecule has 0 spiro atoms. The van der Waals surface area contributed by atoms with Crippen LogP contribution in [0.3, 0.4) is 0 Å². The summed E-state index contributed by atoms with van der Waals surface area (Å²) in [6, 6.07) is 14.6.